The quantitative estimate of drug-likeness (QED) is 0.196. The van der Waals surface area contributed by atoms with Crippen molar-refractivity contribution in [1.29, 1.82) is 0 Å². The number of hydrogen-bond donors (Lipinski definition) is 0. The molecule has 4 nitrogen and oxygen atoms in total. The Kier molecular flexibility index (Phi) is 40.3. The SMILES string of the molecule is CCCCCCCCCC(=O)[O-].CCCCc1cccc(C(=O)[O-])c1.[CH2]CCC.[CH2]CCC.[Sn+2]. The van der Waals surface area contributed by atoms with Crippen molar-refractivity contribution in [3.63, 3.8) is 0 Å². The molecule has 194 valence electrons. The molecule has 34 heavy (non-hydrogen) atoms. The Morgan fingerprint density at radius 1 is 0.735 bits per heavy atom. The zero-order chi connectivity index (χ0) is 25.7. The Balaban J connectivity index is -0.000000198. The van der Waals surface area contributed by atoms with Gasteiger partial charge in [-0.05, 0) is 42.9 Å². The smallest absolute Gasteiger partial charge is 0.550 e. The van der Waals surface area contributed by atoms with E-state index in [-0.39, 0.29) is 35.9 Å². The van der Waals surface area contributed by atoms with Crippen LogP contribution < -0.4 is 10.2 Å². The van der Waals surface area contributed by atoms with E-state index in [9.17, 15) is 19.8 Å². The Bertz CT molecular complexity index is 539. The van der Waals surface area contributed by atoms with Crippen LogP contribution in [0.5, 0.6) is 0 Å². The van der Waals surface area contributed by atoms with Gasteiger partial charge in [0.1, 0.15) is 0 Å². The monoisotopic (exact) mass is 582 g/mol. The van der Waals surface area contributed by atoms with E-state index < -0.39 is 11.9 Å². The van der Waals surface area contributed by atoms with E-state index in [2.05, 4.69) is 41.5 Å². The van der Waals surface area contributed by atoms with E-state index in [4.69, 9.17) is 0 Å². The molecule has 1 aromatic carbocycles. The number of benzene rings is 1. The van der Waals surface area contributed by atoms with Gasteiger partial charge in [-0.2, -0.15) is 0 Å². The number of carboxylic acid groups (broad SMARTS) is 2. The van der Waals surface area contributed by atoms with E-state index in [0.717, 1.165) is 50.5 Å². The number of hydrogen-bond acceptors (Lipinski definition) is 4. The first kappa shape index (κ1) is 40.1. The van der Waals surface area contributed by atoms with Crippen molar-refractivity contribution < 1.29 is 19.8 Å². The molecule has 0 aliphatic carbocycles. The number of aromatic carboxylic acids is 1. The van der Waals surface area contributed by atoms with Crippen molar-refractivity contribution in [2.75, 3.05) is 0 Å². The van der Waals surface area contributed by atoms with Gasteiger partial charge in [-0.25, -0.2) is 0 Å². The molecule has 1 rings (SSSR count). The van der Waals surface area contributed by atoms with Crippen molar-refractivity contribution in [2.45, 2.75) is 124 Å². The van der Waals surface area contributed by atoms with Crippen molar-refractivity contribution >= 4 is 35.8 Å². The summed E-state index contributed by atoms with van der Waals surface area (Å²) in [6.45, 7) is 15.7. The van der Waals surface area contributed by atoms with Crippen LogP contribution in [0.4, 0.5) is 0 Å². The summed E-state index contributed by atoms with van der Waals surface area (Å²) in [6, 6.07) is 6.95. The summed E-state index contributed by atoms with van der Waals surface area (Å²) < 4.78 is 0. The molecule has 0 saturated heterocycles. The predicted octanol–water partition coefficient (Wildman–Crippen LogP) is 6.13. The molecule has 0 saturated carbocycles. The molecule has 0 spiro atoms. The average Bonchev–Trinajstić information content (AvgIpc) is 2.83. The summed E-state index contributed by atoms with van der Waals surface area (Å²) in [4.78, 5) is 20.5. The van der Waals surface area contributed by atoms with Crippen molar-refractivity contribution in [3.8, 4) is 0 Å². The second-order valence-electron chi connectivity index (χ2n) is 8.04. The maximum absolute atomic E-state index is 10.5. The molecule has 0 atom stereocenters. The third kappa shape index (κ3) is 35.5. The van der Waals surface area contributed by atoms with Crippen molar-refractivity contribution in [1.82, 2.24) is 0 Å². The molecule has 0 amide bonds. The summed E-state index contributed by atoms with van der Waals surface area (Å²) >= 11 is 0. The first-order valence-electron chi connectivity index (χ1n) is 12.9. The minimum absolute atomic E-state index is 0. The maximum atomic E-state index is 10.5. The fraction of sp³-hybridized carbons (Fsp3) is 0.655. The Morgan fingerprint density at radius 2 is 1.21 bits per heavy atom. The van der Waals surface area contributed by atoms with Gasteiger partial charge in [0.05, 0.1) is 5.97 Å². The fourth-order valence-corrected chi connectivity index (χ4v) is 2.46. The van der Waals surface area contributed by atoms with E-state index in [1.807, 2.05) is 6.07 Å². The molecule has 0 aliphatic rings. The fourth-order valence-electron chi connectivity index (χ4n) is 2.46. The first-order chi connectivity index (χ1) is 15.8. The van der Waals surface area contributed by atoms with Gasteiger partial charge in [-0.15, -0.1) is 0 Å². The van der Waals surface area contributed by atoms with Gasteiger partial charge in [0.15, 0.2) is 0 Å². The van der Waals surface area contributed by atoms with Crippen LogP contribution in [0.25, 0.3) is 0 Å². The van der Waals surface area contributed by atoms with Gasteiger partial charge in [0.25, 0.3) is 0 Å². The minimum Gasteiger partial charge on any atom is -0.550 e. The van der Waals surface area contributed by atoms with Crippen molar-refractivity contribution in [2.24, 2.45) is 0 Å². The van der Waals surface area contributed by atoms with E-state index >= 15 is 0 Å². The van der Waals surface area contributed by atoms with Crippen LogP contribution in [-0.4, -0.2) is 35.8 Å². The molecule has 0 aromatic heterocycles. The zero-order valence-corrected chi connectivity index (χ0v) is 25.3. The van der Waals surface area contributed by atoms with Crippen LogP contribution in [0.2, 0.25) is 0 Å². The average molecular weight is 581 g/mol. The Hall–Kier alpha value is -1.04. The van der Waals surface area contributed by atoms with Gasteiger partial charge in [-0.1, -0.05) is 130 Å². The molecule has 0 fully saturated rings. The van der Waals surface area contributed by atoms with Crippen molar-refractivity contribution in [3.05, 3.63) is 49.2 Å². The molecule has 0 N–H and O–H groups in total. The van der Waals surface area contributed by atoms with E-state index in [1.54, 1.807) is 18.2 Å². The number of carbonyl (C=O) groups excluding carboxylic acids is 2. The number of rotatable bonds is 14. The minimum atomic E-state index is -1.10. The van der Waals surface area contributed by atoms with Crippen LogP contribution >= 0.6 is 0 Å². The molecule has 0 heterocycles. The molecular formula is C29H50O4Sn. The molecule has 4 radical (unpaired) electrons. The number of carbonyl (C=O) groups is 2. The molecule has 5 heteroatoms. The van der Waals surface area contributed by atoms with E-state index in [0.29, 0.717) is 0 Å². The second kappa shape index (κ2) is 34.1. The maximum Gasteiger partial charge on any atom is 2.00 e. The standard InChI is InChI=1S/C11H14O2.C10H20O2.2C4H9.Sn/c1-2-3-5-9-6-4-7-10(8-9)11(12)13;1-2-3-4-5-6-7-8-9-10(11)12;2*1-3-4-2;/h4,6-8H,2-3,5H2,1H3,(H,12,13);2-9H2,1H3,(H,11,12);2*1,3-4H2,2H3;/q;;;;+2/p-2. The molecular weight excluding hydrogens is 531 g/mol. The van der Waals surface area contributed by atoms with Crippen LogP contribution in [-0.2, 0) is 11.2 Å². The zero-order valence-electron chi connectivity index (χ0n) is 22.5. The number of aliphatic carboxylic acids is 1. The number of carboxylic acids is 2. The topological polar surface area (TPSA) is 80.3 Å². The van der Waals surface area contributed by atoms with Gasteiger partial charge in [0, 0.05) is 5.97 Å². The second-order valence-corrected chi connectivity index (χ2v) is 8.04. The van der Waals surface area contributed by atoms with E-state index in [1.165, 1.54) is 44.9 Å². The van der Waals surface area contributed by atoms with Crippen LogP contribution in [0.15, 0.2) is 24.3 Å². The van der Waals surface area contributed by atoms with Gasteiger partial charge in [-0.3, -0.25) is 0 Å². The Labute approximate surface area is 228 Å². The summed E-state index contributed by atoms with van der Waals surface area (Å²) in [7, 11) is 0. The largest absolute Gasteiger partial charge is 2.00 e. The summed E-state index contributed by atoms with van der Waals surface area (Å²) in [5.41, 5.74) is 1.34. The third-order valence-corrected chi connectivity index (χ3v) is 4.67. The summed E-state index contributed by atoms with van der Waals surface area (Å²) in [6.07, 6.45) is 16.1. The Morgan fingerprint density at radius 3 is 1.62 bits per heavy atom. The molecule has 0 unspecified atom stereocenters. The molecule has 0 aliphatic heterocycles. The molecule has 0 bridgehead atoms. The predicted molar refractivity (Wildman–Crippen MR) is 143 cm³/mol. The van der Waals surface area contributed by atoms with Crippen LogP contribution in [0.1, 0.15) is 134 Å². The summed E-state index contributed by atoms with van der Waals surface area (Å²) in [5.74, 6) is -2.01. The van der Waals surface area contributed by atoms with Crippen LogP contribution in [0.3, 0.4) is 0 Å². The summed E-state index contributed by atoms with van der Waals surface area (Å²) in [5, 5.41) is 20.5. The number of unbranched alkanes of at least 4 members (excludes halogenated alkanes) is 9. The van der Waals surface area contributed by atoms with Gasteiger partial charge < -0.3 is 19.8 Å². The third-order valence-electron chi connectivity index (χ3n) is 4.67. The van der Waals surface area contributed by atoms with Gasteiger partial charge in [0.2, 0.25) is 0 Å². The number of aryl methyl sites for hydroxylation is 1. The van der Waals surface area contributed by atoms with Gasteiger partial charge >= 0.3 is 23.9 Å². The normalized spacial score (nSPS) is 9.12. The first-order valence-corrected chi connectivity index (χ1v) is 12.9. The van der Waals surface area contributed by atoms with Crippen LogP contribution in [0, 0.1) is 13.8 Å². The molecule has 1 aromatic rings.